The lowest BCUT2D eigenvalue weighted by Gasteiger charge is -2.03. The quantitative estimate of drug-likeness (QED) is 0.559. The van der Waals surface area contributed by atoms with Crippen LogP contribution in [0.2, 0.25) is 0 Å². The Hall–Kier alpha value is -1.64. The van der Waals surface area contributed by atoms with Gasteiger partial charge in [-0.25, -0.2) is 0 Å². The summed E-state index contributed by atoms with van der Waals surface area (Å²) < 4.78 is 4.99. The van der Waals surface area contributed by atoms with Crippen molar-refractivity contribution in [2.24, 2.45) is 4.99 Å². The number of hydrogen-bond acceptors (Lipinski definition) is 3. The Morgan fingerprint density at radius 3 is 2.65 bits per heavy atom. The topological polar surface area (TPSA) is 38.7 Å². The van der Waals surface area contributed by atoms with Crippen LogP contribution in [0, 0.1) is 0 Å². The van der Waals surface area contributed by atoms with Crippen molar-refractivity contribution >= 4 is 11.7 Å². The van der Waals surface area contributed by atoms with Crippen LogP contribution in [0.4, 0.5) is 0 Å². The molecular formula is C14H19NO2. The first kappa shape index (κ1) is 13.4. The molecule has 0 aromatic heterocycles. The Bertz CT molecular complexity index is 371. The molecule has 0 N–H and O–H groups in total. The van der Waals surface area contributed by atoms with Crippen molar-refractivity contribution in [3.8, 4) is 0 Å². The lowest BCUT2D eigenvalue weighted by molar-refractivity contribution is -0.142. The van der Waals surface area contributed by atoms with Gasteiger partial charge in [-0.2, -0.15) is 0 Å². The van der Waals surface area contributed by atoms with Gasteiger partial charge in [-0.05, 0) is 18.9 Å². The molecule has 3 heteroatoms. The molecule has 3 nitrogen and oxygen atoms in total. The smallest absolute Gasteiger partial charge is 0.311 e. The number of carbonyl (C=O) groups is 1. The Morgan fingerprint density at radius 1 is 1.29 bits per heavy atom. The van der Waals surface area contributed by atoms with Crippen molar-refractivity contribution < 1.29 is 9.53 Å². The molecule has 0 aliphatic heterocycles. The summed E-state index contributed by atoms with van der Waals surface area (Å²) in [6.45, 7) is 4.94. The van der Waals surface area contributed by atoms with E-state index in [1.165, 1.54) is 0 Å². The molecule has 0 heterocycles. The van der Waals surface area contributed by atoms with E-state index in [-0.39, 0.29) is 12.4 Å². The zero-order valence-corrected chi connectivity index (χ0v) is 10.5. The molecule has 0 atom stereocenters. The van der Waals surface area contributed by atoms with E-state index >= 15 is 0 Å². The molecule has 0 unspecified atom stereocenters. The second-order valence-electron chi connectivity index (χ2n) is 3.93. The third kappa shape index (κ3) is 5.85. The molecular weight excluding hydrogens is 214 g/mol. The molecule has 1 aromatic rings. The highest BCUT2D eigenvalue weighted by atomic mass is 16.5. The summed E-state index contributed by atoms with van der Waals surface area (Å²) in [7, 11) is 0. The van der Waals surface area contributed by atoms with Crippen LogP contribution in [0.1, 0.15) is 32.3 Å². The molecule has 0 saturated carbocycles. The zero-order chi connectivity index (χ0) is 12.5. The Balaban J connectivity index is 2.37. The number of carbonyl (C=O) groups excluding carboxylic acids is 1. The summed E-state index contributed by atoms with van der Waals surface area (Å²) >= 11 is 0. The van der Waals surface area contributed by atoms with Crippen molar-refractivity contribution in [2.75, 3.05) is 6.61 Å². The maximum absolute atomic E-state index is 11.3. The Morgan fingerprint density at radius 2 is 2.00 bits per heavy atom. The van der Waals surface area contributed by atoms with E-state index in [1.54, 1.807) is 0 Å². The summed E-state index contributed by atoms with van der Waals surface area (Å²) in [5, 5.41) is 0. The molecule has 1 aromatic carbocycles. The molecule has 0 radical (unpaired) electrons. The van der Waals surface area contributed by atoms with Crippen LogP contribution in [0.15, 0.2) is 35.3 Å². The highest BCUT2D eigenvalue weighted by Crippen LogP contribution is 2.01. The Labute approximate surface area is 103 Å². The van der Waals surface area contributed by atoms with Gasteiger partial charge in [-0.15, -0.1) is 0 Å². The second kappa shape index (κ2) is 7.60. The fourth-order valence-electron chi connectivity index (χ4n) is 1.34. The van der Waals surface area contributed by atoms with E-state index in [4.69, 9.17) is 4.74 Å². The van der Waals surface area contributed by atoms with Gasteiger partial charge in [0.05, 0.1) is 19.6 Å². The first-order valence-electron chi connectivity index (χ1n) is 5.92. The van der Waals surface area contributed by atoms with Gasteiger partial charge in [0, 0.05) is 5.71 Å². The van der Waals surface area contributed by atoms with Gasteiger partial charge in [-0.1, -0.05) is 37.3 Å². The number of aliphatic imine (C=N–C) groups is 1. The molecule has 0 bridgehead atoms. The lowest BCUT2D eigenvalue weighted by atomic mass is 10.2. The SMILES string of the molecule is CCCOC(=O)C/C(C)=N/Cc1ccccc1. The minimum atomic E-state index is -0.193. The van der Waals surface area contributed by atoms with Gasteiger partial charge in [0.1, 0.15) is 0 Å². The van der Waals surface area contributed by atoms with Gasteiger partial charge in [0.25, 0.3) is 0 Å². The fraction of sp³-hybridized carbons (Fsp3) is 0.429. The van der Waals surface area contributed by atoms with E-state index in [2.05, 4.69) is 4.99 Å². The number of ether oxygens (including phenoxy) is 1. The summed E-state index contributed by atoms with van der Waals surface area (Å²) in [4.78, 5) is 15.7. The summed E-state index contributed by atoms with van der Waals surface area (Å²) in [6, 6.07) is 9.98. The van der Waals surface area contributed by atoms with Gasteiger partial charge >= 0.3 is 5.97 Å². The van der Waals surface area contributed by atoms with Crippen LogP contribution >= 0.6 is 0 Å². The van der Waals surface area contributed by atoms with Crippen LogP contribution < -0.4 is 0 Å². The zero-order valence-electron chi connectivity index (χ0n) is 10.5. The first-order chi connectivity index (χ1) is 8.22. The molecule has 17 heavy (non-hydrogen) atoms. The first-order valence-corrected chi connectivity index (χ1v) is 5.92. The summed E-state index contributed by atoms with van der Waals surface area (Å²) in [6.07, 6.45) is 1.14. The highest BCUT2D eigenvalue weighted by Gasteiger charge is 2.03. The van der Waals surface area contributed by atoms with Gasteiger partial charge in [0.2, 0.25) is 0 Å². The van der Waals surface area contributed by atoms with Gasteiger partial charge < -0.3 is 4.74 Å². The van der Waals surface area contributed by atoms with Crippen molar-refractivity contribution in [3.05, 3.63) is 35.9 Å². The van der Waals surface area contributed by atoms with E-state index < -0.39 is 0 Å². The average molecular weight is 233 g/mol. The largest absolute Gasteiger partial charge is 0.465 e. The van der Waals surface area contributed by atoms with Crippen LogP contribution in [0.3, 0.4) is 0 Å². The van der Waals surface area contributed by atoms with E-state index in [0.717, 1.165) is 17.7 Å². The lowest BCUT2D eigenvalue weighted by Crippen LogP contribution is -2.09. The van der Waals surface area contributed by atoms with Crippen LogP contribution in [-0.2, 0) is 16.1 Å². The second-order valence-corrected chi connectivity index (χ2v) is 3.93. The molecule has 0 aliphatic carbocycles. The number of nitrogens with zero attached hydrogens (tertiary/aromatic N) is 1. The average Bonchev–Trinajstić information content (AvgIpc) is 2.35. The van der Waals surface area contributed by atoms with Crippen LogP contribution in [0.25, 0.3) is 0 Å². The fourth-order valence-corrected chi connectivity index (χ4v) is 1.34. The molecule has 1 rings (SSSR count). The minimum Gasteiger partial charge on any atom is -0.465 e. The monoisotopic (exact) mass is 233 g/mol. The van der Waals surface area contributed by atoms with Crippen molar-refractivity contribution in [2.45, 2.75) is 33.2 Å². The van der Waals surface area contributed by atoms with Crippen LogP contribution in [0.5, 0.6) is 0 Å². The number of benzene rings is 1. The van der Waals surface area contributed by atoms with Gasteiger partial charge in [-0.3, -0.25) is 9.79 Å². The molecule has 0 fully saturated rings. The number of hydrogen-bond donors (Lipinski definition) is 0. The molecule has 92 valence electrons. The molecule has 0 aliphatic rings. The standard InChI is InChI=1S/C14H19NO2/c1-3-9-17-14(16)10-12(2)15-11-13-7-5-4-6-8-13/h4-8H,3,9-11H2,1-2H3/b15-12+. The minimum absolute atomic E-state index is 0.193. The normalized spacial score (nSPS) is 11.3. The van der Waals surface area contributed by atoms with Crippen molar-refractivity contribution in [1.29, 1.82) is 0 Å². The molecule has 0 saturated heterocycles. The molecule has 0 spiro atoms. The summed E-state index contributed by atoms with van der Waals surface area (Å²) in [5.74, 6) is -0.193. The maximum Gasteiger partial charge on any atom is 0.311 e. The third-order valence-electron chi connectivity index (χ3n) is 2.24. The van der Waals surface area contributed by atoms with Crippen LogP contribution in [-0.4, -0.2) is 18.3 Å². The molecule has 0 amide bonds. The number of esters is 1. The Kier molecular flexibility index (Phi) is 6.00. The van der Waals surface area contributed by atoms with Crippen molar-refractivity contribution in [1.82, 2.24) is 0 Å². The maximum atomic E-state index is 11.3. The summed E-state index contributed by atoms with van der Waals surface area (Å²) in [5.41, 5.74) is 1.96. The predicted octanol–water partition coefficient (Wildman–Crippen LogP) is 2.99. The highest BCUT2D eigenvalue weighted by molar-refractivity contribution is 5.97. The van der Waals surface area contributed by atoms with E-state index in [1.807, 2.05) is 44.2 Å². The van der Waals surface area contributed by atoms with E-state index in [0.29, 0.717) is 13.2 Å². The van der Waals surface area contributed by atoms with Gasteiger partial charge in [0.15, 0.2) is 0 Å². The third-order valence-corrected chi connectivity index (χ3v) is 2.24. The number of rotatable bonds is 6. The predicted molar refractivity (Wildman–Crippen MR) is 69.1 cm³/mol. The van der Waals surface area contributed by atoms with Crippen molar-refractivity contribution in [3.63, 3.8) is 0 Å². The van der Waals surface area contributed by atoms with E-state index in [9.17, 15) is 4.79 Å².